The first-order valence-electron chi connectivity index (χ1n) is 18.5. The van der Waals surface area contributed by atoms with Crippen molar-refractivity contribution in [3.8, 4) is 56.4 Å². The van der Waals surface area contributed by atoms with Gasteiger partial charge in [-0.1, -0.05) is 170 Å². The van der Waals surface area contributed by atoms with Gasteiger partial charge in [0.2, 0.25) is 0 Å². The van der Waals surface area contributed by atoms with Crippen molar-refractivity contribution in [3.05, 3.63) is 188 Å². The minimum atomic E-state index is 0.590. The summed E-state index contributed by atoms with van der Waals surface area (Å²) >= 11 is 0. The van der Waals surface area contributed by atoms with E-state index in [-0.39, 0.29) is 0 Å². The van der Waals surface area contributed by atoms with Gasteiger partial charge >= 0.3 is 0 Å². The fourth-order valence-corrected chi connectivity index (χ4v) is 8.18. The van der Waals surface area contributed by atoms with Crippen LogP contribution in [0.5, 0.6) is 0 Å². The number of aromatic nitrogens is 3. The molecule has 0 spiro atoms. The van der Waals surface area contributed by atoms with Crippen molar-refractivity contribution < 1.29 is 4.42 Å². The largest absolute Gasteiger partial charge is 0.456 e. The van der Waals surface area contributed by atoms with Gasteiger partial charge in [0.25, 0.3) is 0 Å². The van der Waals surface area contributed by atoms with E-state index in [9.17, 15) is 0 Å². The number of fused-ring (bicyclic) bond motifs is 8. The molecule has 2 aromatic heterocycles. The van der Waals surface area contributed by atoms with Gasteiger partial charge in [0.1, 0.15) is 11.2 Å². The lowest BCUT2D eigenvalue weighted by Crippen LogP contribution is -2.02. The van der Waals surface area contributed by atoms with Crippen molar-refractivity contribution in [1.29, 1.82) is 0 Å². The monoisotopic (exact) mass is 701 g/mol. The maximum atomic E-state index is 6.31. The first kappa shape index (κ1) is 31.1. The van der Waals surface area contributed by atoms with Crippen LogP contribution in [0.3, 0.4) is 0 Å². The second-order valence-corrected chi connectivity index (χ2v) is 13.9. The maximum absolute atomic E-state index is 6.31. The Morgan fingerprint density at radius 1 is 0.291 bits per heavy atom. The average Bonchev–Trinajstić information content (AvgIpc) is 3.65. The fourth-order valence-electron chi connectivity index (χ4n) is 8.18. The molecule has 0 aliphatic carbocycles. The lowest BCUT2D eigenvalue weighted by Gasteiger charge is -2.15. The van der Waals surface area contributed by atoms with Gasteiger partial charge in [0, 0.05) is 27.5 Å². The summed E-state index contributed by atoms with van der Waals surface area (Å²) in [5.74, 6) is 1.80. The zero-order chi connectivity index (χ0) is 36.3. The van der Waals surface area contributed by atoms with Crippen LogP contribution in [0.25, 0.3) is 111 Å². The number of hydrogen-bond acceptors (Lipinski definition) is 4. The quantitative estimate of drug-likeness (QED) is 0.168. The molecule has 55 heavy (non-hydrogen) atoms. The van der Waals surface area contributed by atoms with Crippen molar-refractivity contribution in [2.24, 2.45) is 0 Å². The first-order valence-corrected chi connectivity index (χ1v) is 18.5. The SMILES string of the molecule is c1ccc(-c2ccccc2-c2nc(-c3ccccc3-c3ccc4c(ccc5ccc6ccccc6c54)c3)nc(-c3cccc4oc5ccccc5c34)n2)cc1. The molecule has 0 fully saturated rings. The topological polar surface area (TPSA) is 51.8 Å². The van der Waals surface area contributed by atoms with E-state index in [1.807, 2.05) is 42.5 Å². The van der Waals surface area contributed by atoms with E-state index >= 15 is 0 Å². The van der Waals surface area contributed by atoms with Gasteiger partial charge in [-0.2, -0.15) is 0 Å². The zero-order valence-electron chi connectivity index (χ0n) is 29.6. The van der Waals surface area contributed by atoms with Gasteiger partial charge in [0.15, 0.2) is 17.5 Å². The van der Waals surface area contributed by atoms with Crippen LogP contribution in [0, 0.1) is 0 Å². The van der Waals surface area contributed by atoms with Crippen molar-refractivity contribution in [2.75, 3.05) is 0 Å². The molecule has 0 amide bonds. The molecule has 0 radical (unpaired) electrons. The van der Waals surface area contributed by atoms with Crippen molar-refractivity contribution >= 4 is 54.3 Å². The fraction of sp³-hybridized carbons (Fsp3) is 0. The van der Waals surface area contributed by atoms with Crippen LogP contribution in [-0.2, 0) is 0 Å². The number of nitrogens with zero attached hydrogens (tertiary/aromatic N) is 3. The van der Waals surface area contributed by atoms with Gasteiger partial charge in [-0.15, -0.1) is 0 Å². The Morgan fingerprint density at radius 2 is 0.818 bits per heavy atom. The molecule has 0 aliphatic rings. The van der Waals surface area contributed by atoms with E-state index in [2.05, 4.69) is 146 Å². The summed E-state index contributed by atoms with van der Waals surface area (Å²) in [6, 6.07) is 65.7. The molecular formula is C51H31N3O. The molecule has 11 aromatic rings. The second-order valence-electron chi connectivity index (χ2n) is 13.9. The summed E-state index contributed by atoms with van der Waals surface area (Å²) in [5, 5.41) is 9.45. The Kier molecular flexibility index (Phi) is 7.14. The van der Waals surface area contributed by atoms with Crippen molar-refractivity contribution in [2.45, 2.75) is 0 Å². The molecule has 11 rings (SSSR count). The molecule has 0 N–H and O–H groups in total. The molecule has 0 saturated carbocycles. The highest BCUT2D eigenvalue weighted by atomic mass is 16.3. The molecule has 0 bridgehead atoms. The summed E-state index contributed by atoms with van der Waals surface area (Å²) in [5.41, 5.74) is 8.69. The number of hydrogen-bond donors (Lipinski definition) is 0. The summed E-state index contributed by atoms with van der Waals surface area (Å²) in [7, 11) is 0. The highest BCUT2D eigenvalue weighted by Crippen LogP contribution is 2.40. The van der Waals surface area contributed by atoms with Gasteiger partial charge in [-0.25, -0.2) is 15.0 Å². The summed E-state index contributed by atoms with van der Waals surface area (Å²) < 4.78 is 6.31. The molecular weight excluding hydrogens is 671 g/mol. The molecule has 9 aromatic carbocycles. The van der Waals surface area contributed by atoms with Crippen LogP contribution in [0.2, 0.25) is 0 Å². The van der Waals surface area contributed by atoms with E-state index in [4.69, 9.17) is 19.4 Å². The summed E-state index contributed by atoms with van der Waals surface area (Å²) in [4.78, 5) is 15.8. The lowest BCUT2D eigenvalue weighted by atomic mass is 9.93. The van der Waals surface area contributed by atoms with E-state index in [0.717, 1.165) is 60.9 Å². The van der Waals surface area contributed by atoms with Crippen molar-refractivity contribution in [1.82, 2.24) is 15.0 Å². The lowest BCUT2D eigenvalue weighted by molar-refractivity contribution is 0.669. The second kappa shape index (κ2) is 12.6. The third-order valence-electron chi connectivity index (χ3n) is 10.7. The van der Waals surface area contributed by atoms with E-state index < -0.39 is 0 Å². The average molecular weight is 702 g/mol. The summed E-state index contributed by atoms with van der Waals surface area (Å²) in [6.07, 6.45) is 0. The maximum Gasteiger partial charge on any atom is 0.164 e. The normalized spacial score (nSPS) is 11.6. The van der Waals surface area contributed by atoms with Crippen LogP contribution >= 0.6 is 0 Å². The Bertz CT molecular complexity index is 3270. The third-order valence-corrected chi connectivity index (χ3v) is 10.7. The van der Waals surface area contributed by atoms with Crippen LogP contribution < -0.4 is 0 Å². The molecule has 2 heterocycles. The highest BCUT2D eigenvalue weighted by molar-refractivity contribution is 6.20. The van der Waals surface area contributed by atoms with Crippen LogP contribution in [0.4, 0.5) is 0 Å². The first-order chi connectivity index (χ1) is 27.3. The van der Waals surface area contributed by atoms with E-state index in [1.54, 1.807) is 0 Å². The van der Waals surface area contributed by atoms with Gasteiger partial charge in [-0.05, 0) is 72.8 Å². The van der Waals surface area contributed by atoms with Crippen LogP contribution in [-0.4, -0.2) is 15.0 Å². The Labute approximate surface area is 317 Å². The Balaban J connectivity index is 1.14. The minimum Gasteiger partial charge on any atom is -0.456 e. The van der Waals surface area contributed by atoms with Gasteiger partial charge in [0.05, 0.1) is 0 Å². The van der Waals surface area contributed by atoms with Crippen molar-refractivity contribution in [3.63, 3.8) is 0 Å². The summed E-state index contributed by atoms with van der Waals surface area (Å²) in [6.45, 7) is 0. The minimum absolute atomic E-state index is 0.590. The Hall–Kier alpha value is -7.43. The standard InChI is InChI=1S/C51H31N3O/c1-2-13-32(14-3-1)37-16-6-8-19-41(37)49-52-50(54-51(53-49)44-22-12-24-46-48(44)43-21-10-11-23-45(43)55-46)42-20-9-7-17-38(42)35-29-30-40-36(31-35)28-27-34-26-25-33-15-4-5-18-39(33)47(34)40/h1-31H. The third kappa shape index (κ3) is 5.19. The smallest absolute Gasteiger partial charge is 0.164 e. The number of furan rings is 1. The number of benzene rings is 9. The number of para-hydroxylation sites is 1. The molecule has 0 unspecified atom stereocenters. The molecule has 0 aliphatic heterocycles. The van der Waals surface area contributed by atoms with E-state index in [0.29, 0.717) is 17.5 Å². The molecule has 4 nitrogen and oxygen atoms in total. The molecule has 0 saturated heterocycles. The highest BCUT2D eigenvalue weighted by Gasteiger charge is 2.21. The van der Waals surface area contributed by atoms with Crippen LogP contribution in [0.1, 0.15) is 0 Å². The van der Waals surface area contributed by atoms with Crippen LogP contribution in [0.15, 0.2) is 192 Å². The van der Waals surface area contributed by atoms with Gasteiger partial charge < -0.3 is 4.42 Å². The van der Waals surface area contributed by atoms with E-state index in [1.165, 1.54) is 32.3 Å². The predicted molar refractivity (Wildman–Crippen MR) is 227 cm³/mol. The predicted octanol–water partition coefficient (Wildman–Crippen LogP) is 13.6. The number of rotatable bonds is 5. The van der Waals surface area contributed by atoms with Gasteiger partial charge in [-0.3, -0.25) is 0 Å². The molecule has 256 valence electrons. The Morgan fingerprint density at radius 3 is 1.58 bits per heavy atom. The zero-order valence-corrected chi connectivity index (χ0v) is 29.6. The molecule has 4 heteroatoms. The molecule has 0 atom stereocenters.